The van der Waals surface area contributed by atoms with Crippen molar-refractivity contribution in [3.05, 3.63) is 89.6 Å². The van der Waals surface area contributed by atoms with Crippen molar-refractivity contribution in [2.24, 2.45) is 0 Å². The second-order valence-electron chi connectivity index (χ2n) is 6.42. The van der Waals surface area contributed by atoms with E-state index in [-0.39, 0.29) is 11.4 Å². The van der Waals surface area contributed by atoms with E-state index in [0.717, 1.165) is 12.1 Å². The van der Waals surface area contributed by atoms with E-state index in [1.54, 1.807) is 36.4 Å². The molecule has 1 aromatic heterocycles. The molecular weight excluding hydrogens is 409 g/mol. The molecule has 2 aromatic carbocycles. The number of anilines is 3. The Morgan fingerprint density at radius 2 is 1.74 bits per heavy atom. The van der Waals surface area contributed by atoms with Crippen LogP contribution in [0.25, 0.3) is 6.08 Å². The fourth-order valence-corrected chi connectivity index (χ4v) is 2.63. The predicted molar refractivity (Wildman–Crippen MR) is 112 cm³/mol. The number of nitrogens with zero attached hydrogens (tertiary/aromatic N) is 1. The van der Waals surface area contributed by atoms with Crippen molar-refractivity contribution in [2.75, 3.05) is 16.4 Å². The van der Waals surface area contributed by atoms with Crippen molar-refractivity contribution in [1.29, 1.82) is 0 Å². The average Bonchev–Trinajstić information content (AvgIpc) is 2.74. The summed E-state index contributed by atoms with van der Waals surface area (Å²) in [5.74, 6) is -0.932. The number of benzene rings is 2. The highest BCUT2D eigenvalue weighted by molar-refractivity contribution is 6.05. The van der Waals surface area contributed by atoms with Gasteiger partial charge in [-0.25, -0.2) is 4.98 Å². The van der Waals surface area contributed by atoms with Gasteiger partial charge in [-0.2, -0.15) is 13.2 Å². The number of aromatic nitrogens is 1. The lowest BCUT2D eigenvalue weighted by Crippen LogP contribution is -2.14. The van der Waals surface area contributed by atoms with Crippen molar-refractivity contribution >= 4 is 35.1 Å². The maximum atomic E-state index is 12.8. The number of nitrogens with one attached hydrogen (secondary N) is 2. The maximum Gasteiger partial charge on any atom is 0.416 e. The van der Waals surface area contributed by atoms with Crippen LogP contribution in [0.5, 0.6) is 0 Å². The average molecular weight is 426 g/mol. The van der Waals surface area contributed by atoms with Gasteiger partial charge in [0.05, 0.1) is 11.3 Å². The van der Waals surface area contributed by atoms with Gasteiger partial charge in [0, 0.05) is 23.5 Å². The minimum absolute atomic E-state index is 0.121. The lowest BCUT2D eigenvalue weighted by molar-refractivity contribution is -0.137. The number of alkyl halides is 3. The highest BCUT2D eigenvalue weighted by Crippen LogP contribution is 2.29. The first-order valence-electron chi connectivity index (χ1n) is 9.00. The molecule has 0 saturated heterocycles. The number of hydrogen-bond acceptors (Lipinski definition) is 4. The number of carbonyl (C=O) groups is 2. The molecule has 9 heteroatoms. The van der Waals surface area contributed by atoms with Crippen LogP contribution in [-0.4, -0.2) is 16.8 Å². The molecule has 0 aliphatic heterocycles. The highest BCUT2D eigenvalue weighted by Gasteiger charge is 2.30. The van der Waals surface area contributed by atoms with Gasteiger partial charge in [-0.1, -0.05) is 18.2 Å². The Morgan fingerprint density at radius 1 is 0.968 bits per heavy atom. The molecule has 2 amide bonds. The topological polar surface area (TPSA) is 97.1 Å². The predicted octanol–water partition coefficient (Wildman–Crippen LogP) is 4.59. The van der Waals surface area contributed by atoms with Crippen molar-refractivity contribution < 1.29 is 22.8 Å². The van der Waals surface area contributed by atoms with Crippen molar-refractivity contribution in [3.8, 4) is 0 Å². The van der Waals surface area contributed by atoms with Gasteiger partial charge in [-0.15, -0.1) is 0 Å². The number of carbonyl (C=O) groups excluding carboxylic acids is 2. The minimum atomic E-state index is -4.54. The molecule has 0 spiro atoms. The summed E-state index contributed by atoms with van der Waals surface area (Å²) in [7, 11) is 0. The van der Waals surface area contributed by atoms with Gasteiger partial charge in [0.1, 0.15) is 5.82 Å². The van der Waals surface area contributed by atoms with Crippen LogP contribution in [0, 0.1) is 0 Å². The first-order valence-corrected chi connectivity index (χ1v) is 9.00. The Kier molecular flexibility index (Phi) is 6.35. The van der Waals surface area contributed by atoms with E-state index < -0.39 is 23.6 Å². The quantitative estimate of drug-likeness (QED) is 0.520. The summed E-state index contributed by atoms with van der Waals surface area (Å²) in [6, 6.07) is 13.9. The third-order valence-electron chi connectivity index (χ3n) is 4.12. The van der Waals surface area contributed by atoms with E-state index in [9.17, 15) is 22.8 Å². The zero-order valence-corrected chi connectivity index (χ0v) is 16.0. The van der Waals surface area contributed by atoms with E-state index in [2.05, 4.69) is 15.6 Å². The number of hydrogen-bond donors (Lipinski definition) is 3. The van der Waals surface area contributed by atoms with Crippen LogP contribution >= 0.6 is 0 Å². The number of amides is 2. The molecule has 0 unspecified atom stereocenters. The second-order valence-corrected chi connectivity index (χ2v) is 6.42. The summed E-state index contributed by atoms with van der Waals surface area (Å²) >= 11 is 0. The number of nitrogens with two attached hydrogens (primary N) is 1. The third-order valence-corrected chi connectivity index (χ3v) is 4.12. The molecule has 0 aliphatic carbocycles. The van der Waals surface area contributed by atoms with Crippen LogP contribution in [0.1, 0.15) is 21.5 Å². The van der Waals surface area contributed by atoms with Gasteiger partial charge < -0.3 is 16.4 Å². The van der Waals surface area contributed by atoms with Crippen molar-refractivity contribution in [1.82, 2.24) is 4.98 Å². The zero-order chi connectivity index (χ0) is 22.4. The Bertz CT molecular complexity index is 1140. The van der Waals surface area contributed by atoms with Gasteiger partial charge in [0.2, 0.25) is 5.91 Å². The first-order chi connectivity index (χ1) is 14.7. The van der Waals surface area contributed by atoms with E-state index in [1.807, 2.05) is 0 Å². The summed E-state index contributed by atoms with van der Waals surface area (Å²) in [6.07, 6.45) is -0.246. The molecule has 6 nitrogen and oxygen atoms in total. The van der Waals surface area contributed by atoms with E-state index >= 15 is 0 Å². The van der Waals surface area contributed by atoms with Gasteiger partial charge in [0.15, 0.2) is 0 Å². The molecule has 3 rings (SSSR count). The minimum Gasteiger partial charge on any atom is -0.382 e. The molecule has 0 aliphatic rings. The molecule has 0 fully saturated rings. The maximum absolute atomic E-state index is 12.8. The lowest BCUT2D eigenvalue weighted by atomic mass is 10.1. The number of pyridine rings is 1. The van der Waals surface area contributed by atoms with Gasteiger partial charge in [-0.3, -0.25) is 9.59 Å². The second kappa shape index (κ2) is 9.12. The van der Waals surface area contributed by atoms with E-state index in [1.165, 1.54) is 30.5 Å². The monoisotopic (exact) mass is 426 g/mol. The van der Waals surface area contributed by atoms with Crippen LogP contribution in [0.4, 0.5) is 30.4 Å². The fourth-order valence-electron chi connectivity index (χ4n) is 2.63. The van der Waals surface area contributed by atoms with Gasteiger partial charge >= 0.3 is 6.18 Å². The summed E-state index contributed by atoms with van der Waals surface area (Å²) < 4.78 is 38.5. The third kappa shape index (κ3) is 5.92. The molecule has 31 heavy (non-hydrogen) atoms. The van der Waals surface area contributed by atoms with Crippen LogP contribution in [0.2, 0.25) is 0 Å². The van der Waals surface area contributed by atoms with E-state index in [0.29, 0.717) is 16.9 Å². The first kappa shape index (κ1) is 21.6. The smallest absolute Gasteiger partial charge is 0.382 e. The molecule has 158 valence electrons. The largest absolute Gasteiger partial charge is 0.416 e. The molecular formula is C22H17F3N4O2. The van der Waals surface area contributed by atoms with Crippen LogP contribution < -0.4 is 16.4 Å². The van der Waals surface area contributed by atoms with Crippen LogP contribution in [0.15, 0.2) is 72.9 Å². The molecule has 4 N–H and O–H groups in total. The van der Waals surface area contributed by atoms with Crippen LogP contribution in [0.3, 0.4) is 0 Å². The van der Waals surface area contributed by atoms with Crippen molar-refractivity contribution in [3.63, 3.8) is 0 Å². The molecule has 0 bridgehead atoms. The molecule has 0 radical (unpaired) electrons. The number of rotatable bonds is 5. The summed E-state index contributed by atoms with van der Waals surface area (Å²) in [5.41, 5.74) is 5.97. The normalized spacial score (nSPS) is 11.3. The standard InChI is InChI=1S/C22H17F3N4O2/c23-22(24,25)16-6-2-5-15(13-16)21(31)28-17-7-1-4-14(12-17)9-10-19(30)29-18-8-3-11-27-20(18)26/h1-13H,(H2,26,27)(H,28,31)(H,29,30)/b10-9+. The molecule has 0 atom stereocenters. The lowest BCUT2D eigenvalue weighted by Gasteiger charge is -2.09. The van der Waals surface area contributed by atoms with Crippen LogP contribution in [-0.2, 0) is 11.0 Å². The fraction of sp³-hybridized carbons (Fsp3) is 0.0455. The highest BCUT2D eigenvalue weighted by atomic mass is 19.4. The summed E-state index contributed by atoms with van der Waals surface area (Å²) in [5, 5.41) is 5.14. The SMILES string of the molecule is Nc1ncccc1NC(=O)/C=C/c1cccc(NC(=O)c2cccc(C(F)(F)F)c2)c1. The van der Waals surface area contributed by atoms with Crippen molar-refractivity contribution in [2.45, 2.75) is 6.18 Å². The Morgan fingerprint density at radius 3 is 2.48 bits per heavy atom. The molecule has 3 aromatic rings. The van der Waals surface area contributed by atoms with Gasteiger partial charge in [-0.05, 0) is 54.1 Å². The number of halogens is 3. The molecule has 0 saturated carbocycles. The van der Waals surface area contributed by atoms with E-state index in [4.69, 9.17) is 5.73 Å². The summed E-state index contributed by atoms with van der Waals surface area (Å²) in [6.45, 7) is 0. The van der Waals surface area contributed by atoms with Gasteiger partial charge in [0.25, 0.3) is 5.91 Å². The Balaban J connectivity index is 1.67. The molecule has 1 heterocycles. The number of nitrogen functional groups attached to an aromatic ring is 1. The Hall–Kier alpha value is -4.14. The Labute approximate surface area is 175 Å². The zero-order valence-electron chi connectivity index (χ0n) is 16.0. The summed E-state index contributed by atoms with van der Waals surface area (Å²) in [4.78, 5) is 28.3.